The first kappa shape index (κ1) is 17.6. The Balaban J connectivity index is 1.43. The highest BCUT2D eigenvalue weighted by Crippen LogP contribution is 2.31. The molecule has 6 nitrogen and oxygen atoms in total. The number of alkyl carbamates (subject to hydrolysis) is 1. The zero-order chi connectivity index (χ0) is 18.6. The van der Waals surface area contributed by atoms with Crippen molar-refractivity contribution in [3.8, 4) is 0 Å². The number of H-pyrrole nitrogens is 1. The van der Waals surface area contributed by atoms with Crippen LogP contribution in [0.4, 0.5) is 4.79 Å². The van der Waals surface area contributed by atoms with Crippen LogP contribution in [0.1, 0.15) is 22.9 Å². The van der Waals surface area contributed by atoms with Crippen LogP contribution in [0, 0.1) is 0 Å². The van der Waals surface area contributed by atoms with Gasteiger partial charge in [-0.25, -0.2) is 4.79 Å². The molecule has 140 valence electrons. The van der Waals surface area contributed by atoms with Gasteiger partial charge in [0.2, 0.25) is 0 Å². The number of ether oxygens (including phenoxy) is 1. The number of benzene rings is 2. The Kier molecular flexibility index (Phi) is 5.09. The molecule has 27 heavy (non-hydrogen) atoms. The summed E-state index contributed by atoms with van der Waals surface area (Å²) in [7, 11) is 0. The fourth-order valence-corrected chi connectivity index (χ4v) is 3.65. The number of fused-ring (bicyclic) bond motifs is 3. The van der Waals surface area contributed by atoms with Gasteiger partial charge in [0.05, 0.1) is 12.6 Å². The van der Waals surface area contributed by atoms with Crippen LogP contribution in [0.3, 0.4) is 0 Å². The minimum atomic E-state index is -0.454. The maximum absolute atomic E-state index is 12.1. The largest absolute Gasteiger partial charge is 0.445 e. The highest BCUT2D eigenvalue weighted by molar-refractivity contribution is 5.85. The van der Waals surface area contributed by atoms with Gasteiger partial charge in [-0.3, -0.25) is 0 Å². The van der Waals surface area contributed by atoms with Gasteiger partial charge in [0.1, 0.15) is 6.61 Å². The zero-order valence-electron chi connectivity index (χ0n) is 14.9. The standard InChI is InChI=1S/C21H23N3O3/c25-12-15-10-17-16-8-4-5-9-18(16)24-20(17)19(23-15)11-22-21(26)27-13-14-6-2-1-3-7-14/h1-9,15,19,23-25H,10-13H2,(H,22,26)/t15-,19+/m0/s1. The number of rotatable bonds is 5. The van der Waals surface area contributed by atoms with Crippen molar-refractivity contribution in [2.75, 3.05) is 13.2 Å². The third-order valence-corrected chi connectivity index (χ3v) is 4.97. The molecule has 2 atom stereocenters. The maximum Gasteiger partial charge on any atom is 0.407 e. The molecule has 0 bridgehead atoms. The second-order valence-electron chi connectivity index (χ2n) is 6.81. The van der Waals surface area contributed by atoms with E-state index in [-0.39, 0.29) is 25.3 Å². The number of hydrogen-bond acceptors (Lipinski definition) is 4. The van der Waals surface area contributed by atoms with E-state index >= 15 is 0 Å². The molecule has 0 saturated carbocycles. The quantitative estimate of drug-likeness (QED) is 0.560. The summed E-state index contributed by atoms with van der Waals surface area (Å²) in [4.78, 5) is 15.5. The lowest BCUT2D eigenvalue weighted by Crippen LogP contribution is -2.46. The molecular formula is C21H23N3O3. The predicted octanol–water partition coefficient (Wildman–Crippen LogP) is 2.64. The summed E-state index contributed by atoms with van der Waals surface area (Å²) >= 11 is 0. The summed E-state index contributed by atoms with van der Waals surface area (Å²) in [5, 5.41) is 17.0. The fourth-order valence-electron chi connectivity index (χ4n) is 3.65. The molecule has 0 fully saturated rings. The highest BCUT2D eigenvalue weighted by atomic mass is 16.5. The van der Waals surface area contributed by atoms with Gasteiger partial charge in [0, 0.05) is 29.2 Å². The molecule has 2 aromatic carbocycles. The van der Waals surface area contributed by atoms with E-state index in [0.29, 0.717) is 6.54 Å². The van der Waals surface area contributed by atoms with Crippen LogP contribution < -0.4 is 10.6 Å². The zero-order valence-corrected chi connectivity index (χ0v) is 14.9. The van der Waals surface area contributed by atoms with Gasteiger partial charge < -0.3 is 25.5 Å². The molecule has 2 heterocycles. The van der Waals surface area contributed by atoms with Crippen LogP contribution in [-0.4, -0.2) is 35.4 Å². The number of aliphatic hydroxyl groups excluding tert-OH is 1. The maximum atomic E-state index is 12.1. The molecule has 4 N–H and O–H groups in total. The Bertz CT molecular complexity index is 923. The second kappa shape index (κ2) is 7.82. The van der Waals surface area contributed by atoms with Crippen LogP contribution in [0.5, 0.6) is 0 Å². The van der Waals surface area contributed by atoms with E-state index in [9.17, 15) is 9.90 Å². The summed E-state index contributed by atoms with van der Waals surface area (Å²) in [5.41, 5.74) is 4.28. The minimum Gasteiger partial charge on any atom is -0.445 e. The number of carbonyl (C=O) groups is 1. The van der Waals surface area contributed by atoms with E-state index in [1.165, 1.54) is 10.9 Å². The van der Waals surface area contributed by atoms with Crippen LogP contribution >= 0.6 is 0 Å². The molecule has 0 radical (unpaired) electrons. The number of amides is 1. The number of para-hydroxylation sites is 1. The Morgan fingerprint density at radius 1 is 1.15 bits per heavy atom. The lowest BCUT2D eigenvalue weighted by atomic mass is 9.94. The van der Waals surface area contributed by atoms with Gasteiger partial charge in [0.25, 0.3) is 0 Å². The average molecular weight is 365 g/mol. The van der Waals surface area contributed by atoms with Gasteiger partial charge >= 0.3 is 6.09 Å². The number of aromatic amines is 1. The Hall–Kier alpha value is -2.83. The average Bonchev–Trinajstić information content (AvgIpc) is 3.10. The topological polar surface area (TPSA) is 86.4 Å². The summed E-state index contributed by atoms with van der Waals surface area (Å²) < 4.78 is 5.28. The van der Waals surface area contributed by atoms with Gasteiger partial charge in [-0.2, -0.15) is 0 Å². The number of hydrogen-bond donors (Lipinski definition) is 4. The number of aliphatic hydroxyl groups is 1. The first-order valence-corrected chi connectivity index (χ1v) is 9.15. The number of nitrogens with one attached hydrogen (secondary N) is 3. The van der Waals surface area contributed by atoms with Crippen molar-refractivity contribution in [1.82, 2.24) is 15.6 Å². The van der Waals surface area contributed by atoms with E-state index in [4.69, 9.17) is 4.74 Å². The molecule has 1 aliphatic heterocycles. The number of aromatic nitrogens is 1. The predicted molar refractivity (Wildman–Crippen MR) is 103 cm³/mol. The Morgan fingerprint density at radius 3 is 2.74 bits per heavy atom. The first-order valence-electron chi connectivity index (χ1n) is 9.15. The van der Waals surface area contributed by atoms with Crippen LogP contribution in [0.25, 0.3) is 10.9 Å². The summed E-state index contributed by atoms with van der Waals surface area (Å²) in [6.07, 6.45) is 0.301. The molecule has 4 rings (SSSR count). The molecule has 0 aliphatic carbocycles. The smallest absolute Gasteiger partial charge is 0.407 e. The molecule has 1 amide bonds. The third kappa shape index (κ3) is 3.82. The monoisotopic (exact) mass is 365 g/mol. The van der Waals surface area contributed by atoms with Gasteiger partial charge in [-0.1, -0.05) is 48.5 Å². The summed E-state index contributed by atoms with van der Waals surface area (Å²) in [5.74, 6) is 0. The molecular weight excluding hydrogens is 342 g/mol. The van der Waals surface area contributed by atoms with Crippen LogP contribution in [0.2, 0.25) is 0 Å². The number of carbonyl (C=O) groups excluding carboxylic acids is 1. The molecule has 1 aromatic heterocycles. The van der Waals surface area contributed by atoms with Crippen molar-refractivity contribution in [2.45, 2.75) is 25.1 Å². The highest BCUT2D eigenvalue weighted by Gasteiger charge is 2.29. The molecule has 3 aromatic rings. The second-order valence-corrected chi connectivity index (χ2v) is 6.81. The lowest BCUT2D eigenvalue weighted by Gasteiger charge is -2.30. The minimum absolute atomic E-state index is 0.0381. The lowest BCUT2D eigenvalue weighted by molar-refractivity contribution is 0.137. The van der Waals surface area contributed by atoms with E-state index in [1.54, 1.807) is 0 Å². The van der Waals surface area contributed by atoms with E-state index in [0.717, 1.165) is 23.2 Å². The SMILES string of the molecule is O=C(NC[C@H]1N[C@H](CO)Cc2c1[nH]c1ccccc21)OCc1ccccc1. The van der Waals surface area contributed by atoms with E-state index < -0.39 is 6.09 Å². The van der Waals surface area contributed by atoms with Crippen LogP contribution in [0.15, 0.2) is 54.6 Å². The van der Waals surface area contributed by atoms with E-state index in [1.807, 2.05) is 48.5 Å². The van der Waals surface area contributed by atoms with Gasteiger partial charge in [0.15, 0.2) is 0 Å². The molecule has 0 saturated heterocycles. The summed E-state index contributed by atoms with van der Waals surface area (Å²) in [6.45, 7) is 0.666. The molecule has 6 heteroatoms. The van der Waals surface area contributed by atoms with Crippen molar-refractivity contribution in [1.29, 1.82) is 0 Å². The van der Waals surface area contributed by atoms with Gasteiger partial charge in [-0.05, 0) is 23.6 Å². The summed E-state index contributed by atoms with van der Waals surface area (Å²) in [6, 6.07) is 17.6. The van der Waals surface area contributed by atoms with Crippen molar-refractivity contribution < 1.29 is 14.6 Å². The normalized spacial score (nSPS) is 18.9. The van der Waals surface area contributed by atoms with Crippen molar-refractivity contribution >= 4 is 17.0 Å². The van der Waals surface area contributed by atoms with Crippen LogP contribution in [-0.2, 0) is 17.8 Å². The van der Waals surface area contributed by atoms with Crippen molar-refractivity contribution in [3.05, 3.63) is 71.4 Å². The fraction of sp³-hybridized carbons (Fsp3) is 0.286. The van der Waals surface area contributed by atoms with Crippen molar-refractivity contribution in [2.24, 2.45) is 0 Å². The van der Waals surface area contributed by atoms with Gasteiger partial charge in [-0.15, -0.1) is 0 Å². The van der Waals surface area contributed by atoms with Crippen molar-refractivity contribution in [3.63, 3.8) is 0 Å². The molecule has 0 spiro atoms. The molecule has 1 aliphatic rings. The van der Waals surface area contributed by atoms with E-state index in [2.05, 4.69) is 21.7 Å². The Labute approximate surface area is 157 Å². The molecule has 0 unspecified atom stereocenters. The third-order valence-electron chi connectivity index (χ3n) is 4.97. The first-order chi connectivity index (χ1) is 13.2. The Morgan fingerprint density at radius 2 is 1.93 bits per heavy atom.